The maximum Gasteiger partial charge on any atom is 0.115 e. The Morgan fingerprint density at radius 3 is 2.71 bits per heavy atom. The number of phenols is 1. The molecule has 24 heavy (non-hydrogen) atoms. The van der Waals surface area contributed by atoms with E-state index in [-0.39, 0.29) is 0 Å². The van der Waals surface area contributed by atoms with Gasteiger partial charge in [0.25, 0.3) is 0 Å². The van der Waals surface area contributed by atoms with Crippen molar-refractivity contribution in [1.82, 2.24) is 4.90 Å². The average molecular weight is 328 g/mol. The minimum Gasteiger partial charge on any atom is -0.508 e. The van der Waals surface area contributed by atoms with Crippen LogP contribution in [0.15, 0.2) is 18.2 Å². The molecule has 132 valence electrons. The number of aryl methyl sites for hydroxylation is 1. The smallest absolute Gasteiger partial charge is 0.115 e. The van der Waals surface area contributed by atoms with Crippen molar-refractivity contribution in [2.45, 2.75) is 83.2 Å². The second-order valence-electron chi connectivity index (χ2n) is 8.81. The van der Waals surface area contributed by atoms with E-state index < -0.39 is 0 Å². The molecule has 1 aromatic carbocycles. The van der Waals surface area contributed by atoms with Crippen molar-refractivity contribution < 1.29 is 5.11 Å². The molecule has 0 bridgehead atoms. The molecule has 3 aliphatic rings. The van der Waals surface area contributed by atoms with Crippen LogP contribution in [0.25, 0.3) is 0 Å². The van der Waals surface area contributed by atoms with Crippen LogP contribution in [-0.4, -0.2) is 28.6 Å². The Balaban J connectivity index is 1.69. The fourth-order valence-corrected chi connectivity index (χ4v) is 6.08. The molecule has 1 N–H and O–H groups in total. The van der Waals surface area contributed by atoms with Crippen molar-refractivity contribution in [3.8, 4) is 5.75 Å². The molecule has 0 spiro atoms. The lowest BCUT2D eigenvalue weighted by Gasteiger charge is -2.56. The van der Waals surface area contributed by atoms with E-state index in [0.29, 0.717) is 17.2 Å². The summed E-state index contributed by atoms with van der Waals surface area (Å²) < 4.78 is 0. The maximum atomic E-state index is 10.1. The number of benzene rings is 1. The molecular formula is C22H33NO. The van der Waals surface area contributed by atoms with Crippen molar-refractivity contribution in [3.63, 3.8) is 0 Å². The summed E-state index contributed by atoms with van der Waals surface area (Å²) in [4.78, 5) is 2.82. The molecular weight excluding hydrogens is 294 g/mol. The molecule has 0 aromatic heterocycles. The van der Waals surface area contributed by atoms with Crippen LogP contribution in [0, 0.1) is 18.8 Å². The van der Waals surface area contributed by atoms with Crippen LogP contribution in [0.2, 0.25) is 0 Å². The van der Waals surface area contributed by atoms with Gasteiger partial charge in [0.1, 0.15) is 5.75 Å². The number of fused-ring (bicyclic) bond motifs is 1. The largest absolute Gasteiger partial charge is 0.508 e. The molecule has 0 radical (unpaired) electrons. The third-order valence-electron chi connectivity index (χ3n) is 7.60. The number of aromatic hydroxyl groups is 1. The molecule has 2 aliphatic carbocycles. The highest BCUT2D eigenvalue weighted by Gasteiger charge is 2.51. The van der Waals surface area contributed by atoms with E-state index in [1.165, 1.54) is 62.6 Å². The van der Waals surface area contributed by atoms with Gasteiger partial charge >= 0.3 is 0 Å². The van der Waals surface area contributed by atoms with Crippen LogP contribution in [-0.2, 0) is 5.41 Å². The van der Waals surface area contributed by atoms with Gasteiger partial charge < -0.3 is 5.11 Å². The fourth-order valence-electron chi connectivity index (χ4n) is 6.08. The molecule has 1 aromatic rings. The van der Waals surface area contributed by atoms with E-state index in [4.69, 9.17) is 0 Å². The first-order valence-electron chi connectivity index (χ1n) is 10.1. The molecule has 4 atom stereocenters. The Morgan fingerprint density at radius 1 is 1.17 bits per heavy atom. The molecule has 0 amide bonds. The molecule has 2 nitrogen and oxygen atoms in total. The number of nitrogens with zero attached hydrogens (tertiary/aromatic N) is 1. The van der Waals surface area contributed by atoms with Crippen LogP contribution in [0.4, 0.5) is 0 Å². The Morgan fingerprint density at radius 2 is 1.96 bits per heavy atom. The summed E-state index contributed by atoms with van der Waals surface area (Å²) in [6.45, 7) is 8.41. The van der Waals surface area contributed by atoms with E-state index in [0.717, 1.165) is 17.9 Å². The number of likely N-dealkylation sites (tertiary alicyclic amines) is 1. The highest BCUT2D eigenvalue weighted by atomic mass is 16.3. The predicted octanol–water partition coefficient (Wildman–Crippen LogP) is 5.02. The van der Waals surface area contributed by atoms with Gasteiger partial charge in [0.15, 0.2) is 0 Å². The van der Waals surface area contributed by atoms with E-state index >= 15 is 0 Å². The predicted molar refractivity (Wildman–Crippen MR) is 99.5 cm³/mol. The quantitative estimate of drug-likeness (QED) is 0.842. The third kappa shape index (κ3) is 2.58. The minimum atomic E-state index is 0.292. The minimum absolute atomic E-state index is 0.292. The van der Waals surface area contributed by atoms with Gasteiger partial charge in [-0.3, -0.25) is 4.90 Å². The molecule has 2 heteroatoms. The van der Waals surface area contributed by atoms with Crippen LogP contribution in [0.1, 0.15) is 69.9 Å². The summed E-state index contributed by atoms with van der Waals surface area (Å²) in [6, 6.07) is 7.47. The summed E-state index contributed by atoms with van der Waals surface area (Å²) in [5.41, 5.74) is 3.11. The van der Waals surface area contributed by atoms with Gasteiger partial charge in [-0.05, 0) is 94.5 Å². The topological polar surface area (TPSA) is 23.5 Å². The van der Waals surface area contributed by atoms with Gasteiger partial charge in [-0.1, -0.05) is 18.9 Å². The lowest BCUT2D eigenvalue weighted by molar-refractivity contribution is -0.0169. The zero-order valence-corrected chi connectivity index (χ0v) is 15.6. The summed E-state index contributed by atoms with van der Waals surface area (Å²) in [5, 5.41) is 10.1. The average Bonchev–Trinajstić information content (AvgIpc) is 3.42. The second kappa shape index (κ2) is 6.05. The molecule has 4 rings (SSSR count). The van der Waals surface area contributed by atoms with Gasteiger partial charge in [-0.2, -0.15) is 0 Å². The molecule has 1 unspecified atom stereocenters. The Labute approximate surface area is 147 Å². The number of phenolic OH excluding ortho intramolecular Hbond substituents is 1. The highest BCUT2D eigenvalue weighted by molar-refractivity contribution is 5.41. The zero-order valence-electron chi connectivity index (χ0n) is 15.6. The number of piperidine rings is 1. The van der Waals surface area contributed by atoms with Gasteiger partial charge in [0, 0.05) is 17.5 Å². The van der Waals surface area contributed by atoms with E-state index in [1.807, 2.05) is 6.07 Å². The number of rotatable bonds is 3. The SMILES string of the molecule is Cc1ccc(O)cc1[C@@]12CCCCC1[C@@H](C)N([C@H](C)C1CC1)CC2. The van der Waals surface area contributed by atoms with E-state index in [2.05, 4.69) is 37.8 Å². The van der Waals surface area contributed by atoms with Gasteiger partial charge in [-0.25, -0.2) is 0 Å². The lowest BCUT2D eigenvalue weighted by Crippen LogP contribution is -2.58. The Bertz CT molecular complexity index is 608. The van der Waals surface area contributed by atoms with Crippen molar-refractivity contribution in [2.75, 3.05) is 6.54 Å². The summed E-state index contributed by atoms with van der Waals surface area (Å²) in [5.74, 6) is 2.13. The first-order valence-corrected chi connectivity index (χ1v) is 10.1. The number of hydrogen-bond donors (Lipinski definition) is 1. The molecule has 1 aliphatic heterocycles. The van der Waals surface area contributed by atoms with Crippen molar-refractivity contribution >= 4 is 0 Å². The van der Waals surface area contributed by atoms with Crippen LogP contribution in [0.5, 0.6) is 5.75 Å². The summed E-state index contributed by atoms with van der Waals surface area (Å²) in [6.07, 6.45) is 9.51. The molecule has 2 saturated carbocycles. The van der Waals surface area contributed by atoms with E-state index in [9.17, 15) is 5.11 Å². The van der Waals surface area contributed by atoms with Crippen LogP contribution in [0.3, 0.4) is 0 Å². The monoisotopic (exact) mass is 327 g/mol. The maximum absolute atomic E-state index is 10.1. The highest BCUT2D eigenvalue weighted by Crippen LogP contribution is 2.53. The van der Waals surface area contributed by atoms with Crippen LogP contribution >= 0.6 is 0 Å². The normalized spacial score (nSPS) is 35.5. The third-order valence-corrected chi connectivity index (χ3v) is 7.60. The standard InChI is InChI=1S/C22H33NO/c1-15-7-10-19(24)14-21(15)22-11-5-4-6-20(22)17(3)23(13-12-22)16(2)18-8-9-18/h7,10,14,16-18,20,24H,4-6,8-9,11-13H2,1-3H3/t16-,17-,20?,22-/m1/s1. The van der Waals surface area contributed by atoms with Crippen LogP contribution < -0.4 is 0 Å². The second-order valence-corrected chi connectivity index (χ2v) is 8.81. The van der Waals surface area contributed by atoms with Crippen molar-refractivity contribution in [1.29, 1.82) is 0 Å². The Hall–Kier alpha value is -1.02. The van der Waals surface area contributed by atoms with Crippen molar-refractivity contribution in [2.24, 2.45) is 11.8 Å². The molecule has 1 saturated heterocycles. The lowest BCUT2D eigenvalue weighted by atomic mass is 9.56. The summed E-state index contributed by atoms with van der Waals surface area (Å²) >= 11 is 0. The van der Waals surface area contributed by atoms with Gasteiger partial charge in [0.2, 0.25) is 0 Å². The van der Waals surface area contributed by atoms with Gasteiger partial charge in [0.05, 0.1) is 0 Å². The molecule has 3 fully saturated rings. The fraction of sp³-hybridized carbons (Fsp3) is 0.727. The summed E-state index contributed by atoms with van der Waals surface area (Å²) in [7, 11) is 0. The zero-order chi connectivity index (χ0) is 16.9. The molecule has 1 heterocycles. The first-order chi connectivity index (χ1) is 11.5. The first kappa shape index (κ1) is 16.4. The van der Waals surface area contributed by atoms with Gasteiger partial charge in [-0.15, -0.1) is 0 Å². The van der Waals surface area contributed by atoms with E-state index in [1.54, 1.807) is 0 Å². The van der Waals surface area contributed by atoms with Crippen molar-refractivity contribution in [3.05, 3.63) is 29.3 Å². The number of hydrogen-bond acceptors (Lipinski definition) is 2. The Kier molecular flexibility index (Phi) is 4.15.